The van der Waals surface area contributed by atoms with Crippen LogP contribution in [0.2, 0.25) is 0 Å². The van der Waals surface area contributed by atoms with Crippen LogP contribution in [-0.4, -0.2) is 19.1 Å². The normalized spacial score (nSPS) is 14.2. The van der Waals surface area contributed by atoms with E-state index >= 15 is 0 Å². The number of hydrogen-bond donors (Lipinski definition) is 1. The fraction of sp³-hybridized carbons (Fsp3) is 0.250. The Kier molecular flexibility index (Phi) is 2.66. The first kappa shape index (κ1) is 10.1. The molecule has 0 aliphatic rings. The largest absolute Gasteiger partial charge is 0.418 e. The van der Waals surface area contributed by atoms with Gasteiger partial charge in [-0.3, -0.25) is 0 Å². The highest BCUT2D eigenvalue weighted by atomic mass is 19.4. The molecular weight excluding hydrogens is 180 g/mol. The van der Waals surface area contributed by atoms with E-state index in [4.69, 9.17) is 5.11 Å². The van der Waals surface area contributed by atoms with Crippen LogP contribution in [0.5, 0.6) is 0 Å². The first-order chi connectivity index (χ1) is 5.91. The number of aliphatic hydroxyl groups excluding tert-OH is 1. The third-order valence-corrected chi connectivity index (χ3v) is 1.70. The molecule has 0 aliphatic heterocycles. The first-order valence-electron chi connectivity index (χ1n) is 3.72. The summed E-state index contributed by atoms with van der Waals surface area (Å²) in [6.45, 7) is 0. The van der Waals surface area contributed by atoms with Gasteiger partial charge in [0.05, 0.1) is 0 Å². The van der Waals surface area contributed by atoms with Crippen molar-refractivity contribution < 1.29 is 18.3 Å². The molecule has 0 unspecified atom stereocenters. The molecule has 0 amide bonds. The molecule has 1 rings (SSSR count). The van der Waals surface area contributed by atoms with Crippen LogP contribution >= 0.6 is 0 Å². The molecule has 1 aromatic carbocycles. The molecule has 0 spiro atoms. The van der Waals surface area contributed by atoms with Gasteiger partial charge in [-0.1, -0.05) is 29.7 Å². The van der Waals surface area contributed by atoms with Gasteiger partial charge in [0.2, 0.25) is 0 Å². The molecule has 1 nitrogen and oxygen atoms in total. The highest BCUT2D eigenvalue weighted by molar-refractivity contribution is 6.32. The van der Waals surface area contributed by atoms with Gasteiger partial charge in [0.15, 0.2) is 6.10 Å². The van der Waals surface area contributed by atoms with Gasteiger partial charge < -0.3 is 5.11 Å². The maximum Gasteiger partial charge on any atom is 0.418 e. The molecule has 1 aromatic rings. The lowest BCUT2D eigenvalue weighted by Crippen LogP contribution is -2.20. The van der Waals surface area contributed by atoms with Crippen molar-refractivity contribution in [1.82, 2.24) is 0 Å². The summed E-state index contributed by atoms with van der Waals surface area (Å²) in [6, 6.07) is 5.61. The zero-order chi connectivity index (χ0) is 10.1. The van der Waals surface area contributed by atoms with E-state index in [9.17, 15) is 13.2 Å². The SMILES string of the molecule is Bc1ccc([C@@H](O)C(F)(F)F)cc1. The second-order valence-corrected chi connectivity index (χ2v) is 2.85. The van der Waals surface area contributed by atoms with E-state index in [1.54, 1.807) is 7.85 Å². The minimum absolute atomic E-state index is 0.127. The minimum atomic E-state index is -4.59. The van der Waals surface area contributed by atoms with Crippen molar-refractivity contribution in [1.29, 1.82) is 0 Å². The molecule has 0 radical (unpaired) electrons. The molecule has 0 heterocycles. The highest BCUT2D eigenvalue weighted by Crippen LogP contribution is 2.31. The van der Waals surface area contributed by atoms with E-state index in [2.05, 4.69) is 0 Å². The molecule has 0 aliphatic carbocycles. The molecule has 0 aromatic heterocycles. The zero-order valence-electron chi connectivity index (χ0n) is 6.97. The molecule has 1 N–H and O–H groups in total. The van der Waals surface area contributed by atoms with Crippen LogP contribution in [0.25, 0.3) is 0 Å². The van der Waals surface area contributed by atoms with Crippen LogP contribution in [0.3, 0.4) is 0 Å². The van der Waals surface area contributed by atoms with Crippen LogP contribution in [0.1, 0.15) is 11.7 Å². The van der Waals surface area contributed by atoms with Crippen molar-refractivity contribution in [2.24, 2.45) is 0 Å². The Labute approximate surface area is 74.6 Å². The lowest BCUT2D eigenvalue weighted by molar-refractivity contribution is -0.206. The predicted molar refractivity (Wildman–Crippen MR) is 45.6 cm³/mol. The monoisotopic (exact) mass is 188 g/mol. The molecule has 0 fully saturated rings. The lowest BCUT2D eigenvalue weighted by Gasteiger charge is -2.14. The van der Waals surface area contributed by atoms with E-state index in [1.165, 1.54) is 24.3 Å². The fourth-order valence-corrected chi connectivity index (χ4v) is 0.938. The van der Waals surface area contributed by atoms with Crippen LogP contribution in [0, 0.1) is 0 Å². The Bertz CT molecular complexity index is 280. The van der Waals surface area contributed by atoms with Gasteiger partial charge >= 0.3 is 6.18 Å². The molecule has 0 saturated carbocycles. The van der Waals surface area contributed by atoms with Crippen molar-refractivity contribution in [3.05, 3.63) is 29.8 Å². The van der Waals surface area contributed by atoms with Crippen LogP contribution in [-0.2, 0) is 0 Å². The van der Waals surface area contributed by atoms with Crippen molar-refractivity contribution in [2.75, 3.05) is 0 Å². The highest BCUT2D eigenvalue weighted by Gasteiger charge is 2.39. The predicted octanol–water partition coefficient (Wildman–Crippen LogP) is 0.541. The van der Waals surface area contributed by atoms with E-state index in [-0.39, 0.29) is 5.56 Å². The van der Waals surface area contributed by atoms with Gasteiger partial charge in [0.1, 0.15) is 7.85 Å². The van der Waals surface area contributed by atoms with Gasteiger partial charge in [-0.2, -0.15) is 13.2 Å². The zero-order valence-corrected chi connectivity index (χ0v) is 6.97. The van der Waals surface area contributed by atoms with Gasteiger partial charge in [-0.05, 0) is 5.56 Å². The Morgan fingerprint density at radius 1 is 1.15 bits per heavy atom. The van der Waals surface area contributed by atoms with Crippen molar-refractivity contribution in [3.63, 3.8) is 0 Å². The van der Waals surface area contributed by atoms with Gasteiger partial charge in [-0.15, -0.1) is 0 Å². The number of hydrogen-bond acceptors (Lipinski definition) is 1. The van der Waals surface area contributed by atoms with Crippen molar-refractivity contribution >= 4 is 13.3 Å². The van der Waals surface area contributed by atoms with E-state index < -0.39 is 12.3 Å². The van der Waals surface area contributed by atoms with Crippen molar-refractivity contribution in [3.8, 4) is 0 Å². The molecule has 1 atom stereocenters. The molecule has 0 bridgehead atoms. The number of aliphatic hydroxyl groups is 1. The summed E-state index contributed by atoms with van der Waals surface area (Å²) < 4.78 is 36.0. The summed E-state index contributed by atoms with van der Waals surface area (Å²) in [5, 5.41) is 8.82. The second kappa shape index (κ2) is 3.42. The summed E-state index contributed by atoms with van der Waals surface area (Å²) in [5.74, 6) is 0. The van der Waals surface area contributed by atoms with Crippen LogP contribution in [0.15, 0.2) is 24.3 Å². The Morgan fingerprint density at radius 3 is 2.00 bits per heavy atom. The number of alkyl halides is 3. The summed E-state index contributed by atoms with van der Waals surface area (Å²) in [5.41, 5.74) is 0.733. The topological polar surface area (TPSA) is 20.2 Å². The molecule has 13 heavy (non-hydrogen) atoms. The average Bonchev–Trinajstić information content (AvgIpc) is 2.03. The third-order valence-electron chi connectivity index (χ3n) is 1.70. The Hall–Kier alpha value is -0.965. The van der Waals surface area contributed by atoms with Gasteiger partial charge in [-0.25, -0.2) is 0 Å². The maximum atomic E-state index is 12.0. The maximum absolute atomic E-state index is 12.0. The quantitative estimate of drug-likeness (QED) is 0.637. The fourth-order valence-electron chi connectivity index (χ4n) is 0.938. The summed E-state index contributed by atoms with van der Waals surface area (Å²) in [4.78, 5) is 0. The minimum Gasteiger partial charge on any atom is -0.379 e. The van der Waals surface area contributed by atoms with Crippen LogP contribution < -0.4 is 5.46 Å². The summed E-state index contributed by atoms with van der Waals surface area (Å²) in [7, 11) is 1.77. The Balaban J connectivity index is 2.90. The molecular formula is C8H8BF3O. The first-order valence-corrected chi connectivity index (χ1v) is 3.72. The van der Waals surface area contributed by atoms with E-state index in [1.807, 2.05) is 0 Å². The molecule has 70 valence electrons. The van der Waals surface area contributed by atoms with E-state index in [0.29, 0.717) is 0 Å². The number of rotatable bonds is 1. The van der Waals surface area contributed by atoms with Crippen molar-refractivity contribution in [2.45, 2.75) is 12.3 Å². The number of halogens is 3. The average molecular weight is 188 g/mol. The van der Waals surface area contributed by atoms with Crippen LogP contribution in [0.4, 0.5) is 13.2 Å². The van der Waals surface area contributed by atoms with Gasteiger partial charge in [0.25, 0.3) is 0 Å². The summed E-state index contributed by atoms with van der Waals surface area (Å²) >= 11 is 0. The second-order valence-electron chi connectivity index (χ2n) is 2.85. The third kappa shape index (κ3) is 2.49. The Morgan fingerprint density at radius 2 is 1.62 bits per heavy atom. The number of benzene rings is 1. The smallest absolute Gasteiger partial charge is 0.379 e. The van der Waals surface area contributed by atoms with E-state index in [0.717, 1.165) is 5.46 Å². The van der Waals surface area contributed by atoms with Gasteiger partial charge in [0, 0.05) is 0 Å². The molecule has 0 saturated heterocycles. The standard InChI is InChI=1S/C8H8BF3O/c9-6-3-1-5(2-4-6)7(13)8(10,11)12/h1-4,7,13H,9H2/t7-/m1/s1. The summed E-state index contributed by atoms with van der Waals surface area (Å²) in [6.07, 6.45) is -6.97. The molecule has 5 heteroatoms. The lowest BCUT2D eigenvalue weighted by atomic mass is 9.94.